The average molecular weight is 423 g/mol. The maximum absolute atomic E-state index is 13.2. The van der Waals surface area contributed by atoms with Gasteiger partial charge in [-0.15, -0.1) is 0 Å². The van der Waals surface area contributed by atoms with E-state index in [9.17, 15) is 22.8 Å². The van der Waals surface area contributed by atoms with Gasteiger partial charge in [-0.25, -0.2) is 0 Å². The Bertz CT molecular complexity index is 926. The zero-order valence-electron chi connectivity index (χ0n) is 17.1. The number of nitrogens with one attached hydrogen (secondary N) is 1. The summed E-state index contributed by atoms with van der Waals surface area (Å²) in [5.74, 6) is -0.867. The highest BCUT2D eigenvalue weighted by Crippen LogP contribution is 2.32. The molecule has 10 heteroatoms. The van der Waals surface area contributed by atoms with Crippen molar-refractivity contribution in [1.82, 2.24) is 19.6 Å². The molecule has 1 fully saturated rings. The van der Waals surface area contributed by atoms with Crippen molar-refractivity contribution in [2.45, 2.75) is 20.0 Å². The SMILES string of the molecule is Cc1cccc(C)c1NC(=O)CN1CCN(C(=O)c2cnn(C)c2C(F)(F)F)CC1. The van der Waals surface area contributed by atoms with Crippen LogP contribution in [0.4, 0.5) is 18.9 Å². The largest absolute Gasteiger partial charge is 0.433 e. The maximum atomic E-state index is 13.2. The van der Waals surface area contributed by atoms with Crippen molar-refractivity contribution in [3.8, 4) is 0 Å². The molecule has 1 N–H and O–H groups in total. The van der Waals surface area contributed by atoms with Crippen molar-refractivity contribution in [2.24, 2.45) is 7.05 Å². The summed E-state index contributed by atoms with van der Waals surface area (Å²) in [5.41, 5.74) is 1.22. The monoisotopic (exact) mass is 423 g/mol. The summed E-state index contributed by atoms with van der Waals surface area (Å²) in [5, 5.41) is 6.51. The van der Waals surface area contributed by atoms with Gasteiger partial charge >= 0.3 is 6.18 Å². The minimum absolute atomic E-state index is 0.149. The fraction of sp³-hybridized carbons (Fsp3) is 0.450. The average Bonchev–Trinajstić information content (AvgIpc) is 3.07. The van der Waals surface area contributed by atoms with Crippen molar-refractivity contribution in [3.63, 3.8) is 0 Å². The third-order valence-corrected chi connectivity index (χ3v) is 5.21. The number of alkyl halides is 3. The van der Waals surface area contributed by atoms with Crippen LogP contribution >= 0.6 is 0 Å². The quantitative estimate of drug-likeness (QED) is 0.820. The number of hydrogen-bond donors (Lipinski definition) is 1. The number of aromatic nitrogens is 2. The maximum Gasteiger partial charge on any atom is 0.433 e. The van der Waals surface area contributed by atoms with E-state index in [1.807, 2.05) is 36.9 Å². The number of benzene rings is 1. The molecule has 7 nitrogen and oxygen atoms in total. The number of carbonyl (C=O) groups excluding carboxylic acids is 2. The predicted octanol–water partition coefficient (Wildman–Crippen LogP) is 2.45. The van der Waals surface area contributed by atoms with Gasteiger partial charge in [0.2, 0.25) is 5.91 Å². The van der Waals surface area contributed by atoms with Crippen LogP contribution in [-0.2, 0) is 18.0 Å². The van der Waals surface area contributed by atoms with Gasteiger partial charge in [-0.2, -0.15) is 18.3 Å². The van der Waals surface area contributed by atoms with Crippen LogP contribution in [0.1, 0.15) is 27.2 Å². The van der Waals surface area contributed by atoms with Gasteiger partial charge in [0, 0.05) is 38.9 Å². The van der Waals surface area contributed by atoms with Crippen molar-refractivity contribution < 1.29 is 22.8 Å². The molecule has 1 aromatic carbocycles. The number of para-hydroxylation sites is 1. The van der Waals surface area contributed by atoms with E-state index in [0.29, 0.717) is 17.8 Å². The second kappa shape index (κ2) is 8.47. The molecule has 0 radical (unpaired) electrons. The molecule has 0 bridgehead atoms. The molecule has 1 saturated heterocycles. The Morgan fingerprint density at radius 1 is 1.10 bits per heavy atom. The van der Waals surface area contributed by atoms with E-state index >= 15 is 0 Å². The number of amides is 2. The van der Waals surface area contributed by atoms with Crippen LogP contribution in [0.5, 0.6) is 0 Å². The van der Waals surface area contributed by atoms with Crippen LogP contribution in [0.25, 0.3) is 0 Å². The minimum Gasteiger partial charge on any atom is -0.336 e. The van der Waals surface area contributed by atoms with Crippen LogP contribution in [0.2, 0.25) is 0 Å². The fourth-order valence-corrected chi connectivity index (χ4v) is 3.60. The fourth-order valence-electron chi connectivity index (χ4n) is 3.60. The Labute approximate surface area is 172 Å². The van der Waals surface area contributed by atoms with Crippen molar-refractivity contribution >= 4 is 17.5 Å². The molecule has 0 aliphatic carbocycles. The summed E-state index contributed by atoms with van der Waals surface area (Å²) in [6, 6.07) is 5.75. The van der Waals surface area contributed by atoms with Crippen LogP contribution in [0.15, 0.2) is 24.4 Å². The Kier molecular flexibility index (Phi) is 6.16. The van der Waals surface area contributed by atoms with Gasteiger partial charge in [0.05, 0.1) is 18.3 Å². The molecule has 1 aromatic heterocycles. The summed E-state index contributed by atoms with van der Waals surface area (Å²) in [4.78, 5) is 28.3. The summed E-state index contributed by atoms with van der Waals surface area (Å²) >= 11 is 0. The van der Waals surface area contributed by atoms with Gasteiger partial charge in [-0.3, -0.25) is 19.2 Å². The van der Waals surface area contributed by atoms with Crippen LogP contribution in [0.3, 0.4) is 0 Å². The van der Waals surface area contributed by atoms with Crippen molar-refractivity contribution in [2.75, 3.05) is 38.0 Å². The zero-order chi connectivity index (χ0) is 22.1. The standard InChI is InChI=1S/C20H24F3N5O2/c1-13-5-4-6-14(2)17(13)25-16(29)12-27-7-9-28(10-8-27)19(30)15-11-24-26(3)18(15)20(21,22)23/h4-6,11H,7-10,12H2,1-3H3,(H,25,29). The molecule has 30 heavy (non-hydrogen) atoms. The molecule has 3 rings (SSSR count). The second-order valence-electron chi connectivity index (χ2n) is 7.41. The number of aryl methyl sites for hydroxylation is 3. The van der Waals surface area contributed by atoms with E-state index < -0.39 is 23.3 Å². The highest BCUT2D eigenvalue weighted by atomic mass is 19.4. The number of piperazine rings is 1. The molecule has 0 spiro atoms. The molecule has 0 atom stereocenters. The van der Waals surface area contributed by atoms with Crippen LogP contribution in [-0.4, -0.2) is 64.1 Å². The Balaban J connectivity index is 1.58. The van der Waals surface area contributed by atoms with E-state index in [1.165, 1.54) is 4.90 Å². The van der Waals surface area contributed by atoms with Gasteiger partial charge in [0.25, 0.3) is 5.91 Å². The number of hydrogen-bond acceptors (Lipinski definition) is 4. The lowest BCUT2D eigenvalue weighted by molar-refractivity contribution is -0.144. The Hall–Kier alpha value is -2.88. The lowest BCUT2D eigenvalue weighted by atomic mass is 10.1. The smallest absolute Gasteiger partial charge is 0.336 e. The molecule has 1 aliphatic heterocycles. The third kappa shape index (κ3) is 4.64. The zero-order valence-corrected chi connectivity index (χ0v) is 17.1. The van der Waals surface area contributed by atoms with Gasteiger partial charge < -0.3 is 10.2 Å². The molecule has 0 saturated carbocycles. The lowest BCUT2D eigenvalue weighted by Gasteiger charge is -2.34. The molecule has 2 aromatic rings. The molecule has 2 heterocycles. The first-order valence-electron chi connectivity index (χ1n) is 9.55. The van der Waals surface area contributed by atoms with Crippen LogP contribution < -0.4 is 5.32 Å². The number of nitrogens with zero attached hydrogens (tertiary/aromatic N) is 4. The topological polar surface area (TPSA) is 70.5 Å². The third-order valence-electron chi connectivity index (χ3n) is 5.21. The first kappa shape index (κ1) is 21.8. The summed E-state index contributed by atoms with van der Waals surface area (Å²) in [7, 11) is 1.16. The van der Waals surface area contributed by atoms with E-state index in [1.54, 1.807) is 0 Å². The summed E-state index contributed by atoms with van der Waals surface area (Å²) in [6.45, 7) is 5.25. The normalized spacial score (nSPS) is 15.3. The Morgan fingerprint density at radius 2 is 1.70 bits per heavy atom. The van der Waals surface area contributed by atoms with Gasteiger partial charge in [-0.1, -0.05) is 18.2 Å². The molecular formula is C20H24F3N5O2. The number of halogens is 3. The lowest BCUT2D eigenvalue weighted by Crippen LogP contribution is -2.50. The second-order valence-corrected chi connectivity index (χ2v) is 7.41. The first-order valence-corrected chi connectivity index (χ1v) is 9.55. The molecule has 0 unspecified atom stereocenters. The van der Waals surface area contributed by atoms with Gasteiger partial charge in [0.15, 0.2) is 5.69 Å². The van der Waals surface area contributed by atoms with Crippen LogP contribution in [0, 0.1) is 13.8 Å². The minimum atomic E-state index is -4.66. The summed E-state index contributed by atoms with van der Waals surface area (Å²) in [6.07, 6.45) is -3.71. The molecular weight excluding hydrogens is 399 g/mol. The van der Waals surface area contributed by atoms with E-state index in [4.69, 9.17) is 0 Å². The molecule has 162 valence electrons. The molecule has 1 aliphatic rings. The first-order chi connectivity index (χ1) is 14.1. The molecule has 2 amide bonds. The highest BCUT2D eigenvalue weighted by Gasteiger charge is 2.40. The van der Waals surface area contributed by atoms with Crippen molar-refractivity contribution in [1.29, 1.82) is 0 Å². The number of carbonyl (C=O) groups is 2. The van der Waals surface area contributed by atoms with Gasteiger partial charge in [0.1, 0.15) is 0 Å². The van der Waals surface area contributed by atoms with Crippen molar-refractivity contribution in [3.05, 3.63) is 46.8 Å². The number of rotatable bonds is 4. The van der Waals surface area contributed by atoms with Gasteiger partial charge in [-0.05, 0) is 25.0 Å². The predicted molar refractivity (Wildman–Crippen MR) is 105 cm³/mol. The van der Waals surface area contributed by atoms with E-state index in [0.717, 1.165) is 30.1 Å². The Morgan fingerprint density at radius 3 is 2.27 bits per heavy atom. The highest BCUT2D eigenvalue weighted by molar-refractivity contribution is 5.95. The summed E-state index contributed by atoms with van der Waals surface area (Å²) < 4.78 is 40.3. The van der Waals surface area contributed by atoms with E-state index in [2.05, 4.69) is 10.4 Å². The number of anilines is 1. The van der Waals surface area contributed by atoms with E-state index in [-0.39, 0.29) is 25.5 Å².